The second-order valence-corrected chi connectivity index (χ2v) is 6.00. The average molecular weight is 356 g/mol. The topological polar surface area (TPSA) is 97.1 Å². The van der Waals surface area contributed by atoms with Crippen LogP contribution in [0.15, 0.2) is 42.7 Å². The minimum Gasteiger partial charge on any atom is -0.481 e. The van der Waals surface area contributed by atoms with Crippen LogP contribution in [-0.4, -0.2) is 31.7 Å². The minimum atomic E-state index is -1.10. The highest BCUT2D eigenvalue weighted by molar-refractivity contribution is 5.80. The van der Waals surface area contributed by atoms with Crippen LogP contribution in [0.1, 0.15) is 23.6 Å². The fraction of sp³-hybridized carbons (Fsp3) is 0.222. The summed E-state index contributed by atoms with van der Waals surface area (Å²) in [7, 11) is 0. The van der Waals surface area contributed by atoms with Crippen molar-refractivity contribution in [2.45, 2.75) is 25.9 Å². The van der Waals surface area contributed by atoms with Crippen LogP contribution in [-0.2, 0) is 16.1 Å². The third-order valence-corrected chi connectivity index (χ3v) is 3.87. The van der Waals surface area contributed by atoms with Gasteiger partial charge in [-0.05, 0) is 36.2 Å². The molecular formula is C18H17FN4O3. The lowest BCUT2D eigenvalue weighted by atomic mass is 10.0. The molecule has 0 aliphatic heterocycles. The predicted molar refractivity (Wildman–Crippen MR) is 91.8 cm³/mol. The third kappa shape index (κ3) is 4.02. The zero-order chi connectivity index (χ0) is 18.7. The van der Waals surface area contributed by atoms with E-state index >= 15 is 0 Å². The molecule has 8 heteroatoms. The molecule has 0 aliphatic rings. The van der Waals surface area contributed by atoms with Gasteiger partial charge in [0.25, 0.3) is 0 Å². The summed E-state index contributed by atoms with van der Waals surface area (Å²) in [6.45, 7) is 1.79. The molecule has 2 heterocycles. The van der Waals surface area contributed by atoms with Gasteiger partial charge >= 0.3 is 5.97 Å². The van der Waals surface area contributed by atoms with E-state index in [1.807, 2.05) is 13.0 Å². The number of hydrogen-bond acceptors (Lipinski definition) is 4. The highest BCUT2D eigenvalue weighted by Gasteiger charge is 2.19. The van der Waals surface area contributed by atoms with Crippen molar-refractivity contribution in [2.75, 3.05) is 0 Å². The summed E-state index contributed by atoms with van der Waals surface area (Å²) in [6.07, 6.45) is 2.94. The molecule has 0 saturated heterocycles. The largest absolute Gasteiger partial charge is 0.481 e. The quantitative estimate of drug-likeness (QED) is 0.706. The summed E-state index contributed by atoms with van der Waals surface area (Å²) in [4.78, 5) is 27.8. The van der Waals surface area contributed by atoms with E-state index in [0.29, 0.717) is 11.2 Å². The van der Waals surface area contributed by atoms with Gasteiger partial charge in [0, 0.05) is 11.6 Å². The molecule has 0 saturated carbocycles. The second kappa shape index (κ2) is 7.30. The van der Waals surface area contributed by atoms with Gasteiger partial charge in [0.1, 0.15) is 12.4 Å². The first-order valence-corrected chi connectivity index (χ1v) is 7.97. The molecule has 3 aromatic rings. The van der Waals surface area contributed by atoms with E-state index in [2.05, 4.69) is 15.4 Å². The number of aliphatic carboxylic acids is 1. The van der Waals surface area contributed by atoms with Gasteiger partial charge in [-0.2, -0.15) is 5.10 Å². The van der Waals surface area contributed by atoms with E-state index < -0.39 is 23.7 Å². The molecule has 0 aliphatic carbocycles. The van der Waals surface area contributed by atoms with Gasteiger partial charge in [0.05, 0.1) is 18.7 Å². The number of nitrogens with zero attached hydrogens (tertiary/aromatic N) is 3. The molecule has 0 radical (unpaired) electrons. The Morgan fingerprint density at radius 2 is 2.12 bits per heavy atom. The van der Waals surface area contributed by atoms with Crippen molar-refractivity contribution in [3.63, 3.8) is 0 Å². The molecule has 1 aromatic carbocycles. The molecule has 7 nitrogen and oxygen atoms in total. The van der Waals surface area contributed by atoms with Crippen LogP contribution in [0.2, 0.25) is 0 Å². The van der Waals surface area contributed by atoms with Crippen molar-refractivity contribution in [2.24, 2.45) is 0 Å². The van der Waals surface area contributed by atoms with Crippen molar-refractivity contribution in [3.05, 3.63) is 59.7 Å². The number of fused-ring (bicyclic) bond motifs is 1. The van der Waals surface area contributed by atoms with Gasteiger partial charge in [-0.3, -0.25) is 9.59 Å². The number of carboxylic acids is 1. The van der Waals surface area contributed by atoms with Crippen LogP contribution in [0, 0.1) is 12.7 Å². The molecule has 1 amide bonds. The maximum absolute atomic E-state index is 13.4. The van der Waals surface area contributed by atoms with Crippen LogP contribution in [0.4, 0.5) is 4.39 Å². The predicted octanol–water partition coefficient (Wildman–Crippen LogP) is 2.21. The normalized spacial score (nSPS) is 12.1. The minimum absolute atomic E-state index is 0.120. The van der Waals surface area contributed by atoms with Crippen molar-refractivity contribution >= 4 is 22.9 Å². The molecular weight excluding hydrogens is 339 g/mol. The van der Waals surface area contributed by atoms with Gasteiger partial charge in [-0.25, -0.2) is 14.1 Å². The van der Waals surface area contributed by atoms with E-state index in [4.69, 9.17) is 5.11 Å². The standard InChI is InChI=1S/C18H17FN4O3/c1-11-5-13-9-21-23(18(13)20-8-11)10-16(24)22-15(7-17(25)26)12-3-2-4-14(19)6-12/h2-6,8-9,15H,7,10H2,1H3,(H,22,24)(H,25,26). The van der Waals surface area contributed by atoms with E-state index in [1.54, 1.807) is 18.5 Å². The smallest absolute Gasteiger partial charge is 0.305 e. The van der Waals surface area contributed by atoms with Crippen molar-refractivity contribution < 1.29 is 19.1 Å². The number of carbonyl (C=O) groups is 2. The van der Waals surface area contributed by atoms with Crippen molar-refractivity contribution in [1.82, 2.24) is 20.1 Å². The van der Waals surface area contributed by atoms with Gasteiger partial charge in [-0.15, -0.1) is 0 Å². The number of benzene rings is 1. The number of hydrogen-bond donors (Lipinski definition) is 2. The molecule has 134 valence electrons. The zero-order valence-electron chi connectivity index (χ0n) is 14.0. The zero-order valence-corrected chi connectivity index (χ0v) is 14.0. The fourth-order valence-electron chi connectivity index (χ4n) is 2.72. The second-order valence-electron chi connectivity index (χ2n) is 6.00. The third-order valence-electron chi connectivity index (χ3n) is 3.87. The first-order valence-electron chi connectivity index (χ1n) is 7.97. The Morgan fingerprint density at radius 1 is 1.31 bits per heavy atom. The molecule has 26 heavy (non-hydrogen) atoms. The van der Waals surface area contributed by atoms with Crippen molar-refractivity contribution in [3.8, 4) is 0 Å². The summed E-state index contributed by atoms with van der Waals surface area (Å²) in [6, 6.07) is 6.58. The maximum Gasteiger partial charge on any atom is 0.305 e. The number of aryl methyl sites for hydroxylation is 1. The summed E-state index contributed by atoms with van der Waals surface area (Å²) < 4.78 is 14.9. The highest BCUT2D eigenvalue weighted by Crippen LogP contribution is 2.18. The molecule has 1 unspecified atom stereocenters. The number of carboxylic acid groups (broad SMARTS) is 1. The molecule has 0 spiro atoms. The molecule has 2 N–H and O–H groups in total. The lowest BCUT2D eigenvalue weighted by molar-refractivity contribution is -0.137. The van der Waals surface area contributed by atoms with E-state index in [0.717, 1.165) is 10.9 Å². The summed E-state index contributed by atoms with van der Waals surface area (Å²) in [5, 5.41) is 16.7. The SMILES string of the molecule is Cc1cnc2c(cnn2CC(=O)NC(CC(=O)O)c2cccc(F)c2)c1. The van der Waals surface area contributed by atoms with Crippen LogP contribution in [0.5, 0.6) is 0 Å². The molecule has 3 rings (SSSR count). The number of amides is 1. The Hall–Kier alpha value is -3.29. The van der Waals surface area contributed by atoms with Crippen LogP contribution in [0.3, 0.4) is 0 Å². The first kappa shape index (κ1) is 17.5. The number of carbonyl (C=O) groups excluding carboxylic acids is 1. The number of nitrogens with one attached hydrogen (secondary N) is 1. The molecule has 1 atom stereocenters. The van der Waals surface area contributed by atoms with E-state index in [-0.39, 0.29) is 13.0 Å². The Morgan fingerprint density at radius 3 is 2.85 bits per heavy atom. The summed E-state index contributed by atoms with van der Waals surface area (Å²) in [5.41, 5.74) is 1.93. The number of pyridine rings is 1. The number of halogens is 1. The Kier molecular flexibility index (Phi) is 4.92. The molecule has 0 bridgehead atoms. The van der Waals surface area contributed by atoms with Crippen LogP contribution in [0.25, 0.3) is 11.0 Å². The number of rotatable bonds is 6. The lowest BCUT2D eigenvalue weighted by Crippen LogP contribution is -2.33. The van der Waals surface area contributed by atoms with Crippen LogP contribution >= 0.6 is 0 Å². The van der Waals surface area contributed by atoms with Crippen molar-refractivity contribution in [1.29, 1.82) is 0 Å². The molecule has 0 fully saturated rings. The van der Waals surface area contributed by atoms with Gasteiger partial charge in [0.15, 0.2) is 5.65 Å². The summed E-state index contributed by atoms with van der Waals surface area (Å²) >= 11 is 0. The van der Waals surface area contributed by atoms with E-state index in [1.165, 1.54) is 22.9 Å². The average Bonchev–Trinajstić information content (AvgIpc) is 2.95. The number of aromatic nitrogens is 3. The fourth-order valence-corrected chi connectivity index (χ4v) is 2.72. The van der Waals surface area contributed by atoms with Crippen LogP contribution < -0.4 is 5.32 Å². The maximum atomic E-state index is 13.4. The van der Waals surface area contributed by atoms with Gasteiger partial charge in [0.2, 0.25) is 5.91 Å². The van der Waals surface area contributed by atoms with E-state index in [9.17, 15) is 14.0 Å². The monoisotopic (exact) mass is 356 g/mol. The Bertz CT molecular complexity index is 970. The first-order chi connectivity index (χ1) is 12.4. The summed E-state index contributed by atoms with van der Waals surface area (Å²) in [5.74, 6) is -2.03. The highest BCUT2D eigenvalue weighted by atomic mass is 19.1. The van der Waals surface area contributed by atoms with Gasteiger partial charge < -0.3 is 10.4 Å². The molecule has 2 aromatic heterocycles. The van der Waals surface area contributed by atoms with Gasteiger partial charge in [-0.1, -0.05) is 12.1 Å². The lowest BCUT2D eigenvalue weighted by Gasteiger charge is -2.17. The Balaban J connectivity index is 1.77. The Labute approximate surface area is 148 Å².